The molecular formula is C9H4ClF5N2. The van der Waals surface area contributed by atoms with Crippen LogP contribution in [0.15, 0.2) is 6.20 Å². The monoisotopic (exact) mass is 270 g/mol. The summed E-state index contributed by atoms with van der Waals surface area (Å²) in [6.45, 7) is 0. The fourth-order valence-corrected chi connectivity index (χ4v) is 1.48. The number of pyridine rings is 1. The van der Waals surface area contributed by atoms with Gasteiger partial charge in [-0.05, 0) is 5.56 Å². The first-order valence-electron chi connectivity index (χ1n) is 4.18. The van der Waals surface area contributed by atoms with Gasteiger partial charge >= 0.3 is 6.18 Å². The van der Waals surface area contributed by atoms with Crippen molar-refractivity contribution in [2.75, 3.05) is 0 Å². The molecule has 0 amide bonds. The largest absolute Gasteiger partial charge is 0.433 e. The maximum absolute atomic E-state index is 12.6. The zero-order valence-corrected chi connectivity index (χ0v) is 8.78. The molecule has 0 bridgehead atoms. The van der Waals surface area contributed by atoms with E-state index in [4.69, 9.17) is 16.9 Å². The lowest BCUT2D eigenvalue weighted by molar-refractivity contribution is -0.143. The molecule has 1 heterocycles. The molecule has 0 aliphatic carbocycles. The second-order valence-corrected chi connectivity index (χ2v) is 3.39. The Balaban J connectivity index is 3.54. The molecule has 17 heavy (non-hydrogen) atoms. The molecule has 0 aromatic carbocycles. The molecule has 0 atom stereocenters. The van der Waals surface area contributed by atoms with Crippen LogP contribution in [-0.4, -0.2) is 4.98 Å². The van der Waals surface area contributed by atoms with Crippen LogP contribution in [0.25, 0.3) is 0 Å². The van der Waals surface area contributed by atoms with Gasteiger partial charge in [-0.2, -0.15) is 18.4 Å². The fourth-order valence-electron chi connectivity index (χ4n) is 1.26. The summed E-state index contributed by atoms with van der Waals surface area (Å²) in [5, 5.41) is 8.01. The molecule has 0 aliphatic rings. The van der Waals surface area contributed by atoms with Crippen molar-refractivity contribution in [1.82, 2.24) is 4.98 Å². The molecule has 0 unspecified atom stereocenters. The van der Waals surface area contributed by atoms with E-state index in [1.165, 1.54) is 6.07 Å². The van der Waals surface area contributed by atoms with Crippen LogP contribution in [0.4, 0.5) is 22.0 Å². The Morgan fingerprint density at radius 2 is 2.00 bits per heavy atom. The predicted octanol–water partition coefficient (Wildman–Crippen LogP) is 3.76. The third-order valence-electron chi connectivity index (χ3n) is 1.92. The van der Waals surface area contributed by atoms with E-state index in [9.17, 15) is 22.0 Å². The second-order valence-electron chi connectivity index (χ2n) is 2.98. The maximum Gasteiger partial charge on any atom is 0.433 e. The number of nitriles is 1. The molecule has 0 spiro atoms. The summed E-state index contributed by atoms with van der Waals surface area (Å²) < 4.78 is 62.5. The van der Waals surface area contributed by atoms with Gasteiger partial charge in [0.25, 0.3) is 6.43 Å². The summed E-state index contributed by atoms with van der Waals surface area (Å²) in [6, 6.07) is 1.49. The predicted molar refractivity (Wildman–Crippen MR) is 48.5 cm³/mol. The average Bonchev–Trinajstić information content (AvgIpc) is 2.18. The minimum Gasteiger partial charge on any atom is -0.250 e. The Hall–Kier alpha value is -1.42. The van der Waals surface area contributed by atoms with E-state index in [1.54, 1.807) is 0 Å². The Bertz CT molecular complexity index is 464. The normalized spacial score (nSPS) is 11.6. The van der Waals surface area contributed by atoms with Gasteiger partial charge in [0.15, 0.2) is 5.69 Å². The number of aromatic nitrogens is 1. The molecule has 8 heteroatoms. The van der Waals surface area contributed by atoms with E-state index in [0.717, 1.165) is 0 Å². The smallest absolute Gasteiger partial charge is 0.250 e. The number of halogens is 6. The van der Waals surface area contributed by atoms with Crippen molar-refractivity contribution in [2.24, 2.45) is 0 Å². The summed E-state index contributed by atoms with van der Waals surface area (Å²) >= 11 is 5.46. The number of hydrogen-bond acceptors (Lipinski definition) is 2. The van der Waals surface area contributed by atoms with Crippen molar-refractivity contribution >= 4 is 11.6 Å². The number of alkyl halides is 5. The van der Waals surface area contributed by atoms with Crippen molar-refractivity contribution in [3.8, 4) is 6.07 Å². The highest BCUT2D eigenvalue weighted by molar-refractivity contribution is 6.31. The van der Waals surface area contributed by atoms with Crippen molar-refractivity contribution in [1.29, 1.82) is 5.26 Å². The van der Waals surface area contributed by atoms with E-state index < -0.39 is 35.8 Å². The zero-order chi connectivity index (χ0) is 13.2. The molecule has 0 saturated carbocycles. The van der Waals surface area contributed by atoms with Gasteiger partial charge in [0.1, 0.15) is 0 Å². The number of hydrogen-bond donors (Lipinski definition) is 0. The lowest BCUT2D eigenvalue weighted by Gasteiger charge is -2.15. The first kappa shape index (κ1) is 13.6. The fraction of sp³-hybridized carbons (Fsp3) is 0.333. The summed E-state index contributed by atoms with van der Waals surface area (Å²) in [5.41, 5.74) is -3.57. The van der Waals surface area contributed by atoms with Gasteiger partial charge in [-0.1, -0.05) is 11.6 Å². The first-order chi connectivity index (χ1) is 7.79. The molecule has 0 fully saturated rings. The number of nitrogens with zero attached hydrogens (tertiary/aromatic N) is 2. The summed E-state index contributed by atoms with van der Waals surface area (Å²) in [4.78, 5) is 2.87. The molecular weight excluding hydrogens is 267 g/mol. The van der Waals surface area contributed by atoms with Crippen molar-refractivity contribution in [3.63, 3.8) is 0 Å². The minimum absolute atomic E-state index is 0.380. The van der Waals surface area contributed by atoms with Gasteiger partial charge in [0.05, 0.1) is 23.1 Å². The van der Waals surface area contributed by atoms with E-state index >= 15 is 0 Å². The minimum atomic E-state index is -5.01. The Morgan fingerprint density at radius 3 is 2.41 bits per heavy atom. The molecule has 0 saturated heterocycles. The van der Waals surface area contributed by atoms with Gasteiger partial charge in [0.2, 0.25) is 0 Å². The van der Waals surface area contributed by atoms with E-state index in [1.807, 2.05) is 0 Å². The van der Waals surface area contributed by atoms with Gasteiger partial charge in [-0.15, -0.1) is 0 Å². The van der Waals surface area contributed by atoms with Crippen LogP contribution in [0, 0.1) is 11.3 Å². The van der Waals surface area contributed by atoms with E-state index in [-0.39, 0.29) is 5.02 Å². The summed E-state index contributed by atoms with van der Waals surface area (Å²) in [6.07, 6.45) is -8.44. The van der Waals surface area contributed by atoms with Gasteiger partial charge < -0.3 is 0 Å². The highest BCUT2D eigenvalue weighted by atomic mass is 35.5. The Labute approximate surface area is 97.6 Å². The zero-order valence-electron chi connectivity index (χ0n) is 8.02. The van der Waals surface area contributed by atoms with E-state index in [2.05, 4.69) is 4.98 Å². The topological polar surface area (TPSA) is 36.7 Å². The number of rotatable bonds is 2. The lowest BCUT2D eigenvalue weighted by atomic mass is 10.0. The van der Waals surface area contributed by atoms with Crippen LogP contribution in [0.2, 0.25) is 5.02 Å². The van der Waals surface area contributed by atoms with Crippen LogP contribution >= 0.6 is 11.6 Å². The molecule has 1 aromatic rings. The molecule has 92 valence electrons. The first-order valence-corrected chi connectivity index (χ1v) is 4.56. The van der Waals surface area contributed by atoms with Crippen LogP contribution < -0.4 is 0 Å². The molecule has 0 aliphatic heterocycles. The summed E-state index contributed by atoms with van der Waals surface area (Å²) in [5.74, 6) is 0. The molecule has 2 nitrogen and oxygen atoms in total. The SMILES string of the molecule is N#CCc1c(Cl)cnc(C(F)(F)F)c1C(F)F. The molecule has 0 radical (unpaired) electrons. The third-order valence-corrected chi connectivity index (χ3v) is 2.24. The van der Waals surface area contributed by atoms with Crippen molar-refractivity contribution < 1.29 is 22.0 Å². The third kappa shape index (κ3) is 2.82. The van der Waals surface area contributed by atoms with Crippen LogP contribution in [0.1, 0.15) is 23.2 Å². The molecule has 0 N–H and O–H groups in total. The van der Waals surface area contributed by atoms with Crippen LogP contribution in [0.3, 0.4) is 0 Å². The highest BCUT2D eigenvalue weighted by Gasteiger charge is 2.39. The average molecular weight is 271 g/mol. The highest BCUT2D eigenvalue weighted by Crippen LogP contribution is 2.38. The van der Waals surface area contributed by atoms with Crippen molar-refractivity contribution in [2.45, 2.75) is 19.0 Å². The van der Waals surface area contributed by atoms with Gasteiger partial charge in [-0.25, -0.2) is 13.8 Å². The molecule has 1 aromatic heterocycles. The van der Waals surface area contributed by atoms with Crippen LogP contribution in [0.5, 0.6) is 0 Å². The van der Waals surface area contributed by atoms with E-state index in [0.29, 0.717) is 6.20 Å². The van der Waals surface area contributed by atoms with Gasteiger partial charge in [0, 0.05) is 6.20 Å². The lowest BCUT2D eigenvalue weighted by Crippen LogP contribution is -2.14. The molecule has 1 rings (SSSR count). The second kappa shape index (κ2) is 4.84. The standard InChI is InChI=1S/C9H4ClF5N2/c10-5-3-17-7(9(13,14)15)6(8(11)12)4(5)1-2-16/h3,8H,1H2. The summed E-state index contributed by atoms with van der Waals surface area (Å²) in [7, 11) is 0. The quantitative estimate of drug-likeness (QED) is 0.767. The maximum atomic E-state index is 12.6. The van der Waals surface area contributed by atoms with Gasteiger partial charge in [-0.3, -0.25) is 0 Å². The Morgan fingerprint density at radius 1 is 1.41 bits per heavy atom. The Kier molecular flexibility index (Phi) is 3.88. The van der Waals surface area contributed by atoms with Crippen molar-refractivity contribution in [3.05, 3.63) is 28.0 Å². The van der Waals surface area contributed by atoms with Crippen LogP contribution in [-0.2, 0) is 12.6 Å².